The van der Waals surface area contributed by atoms with Crippen LogP contribution in [0.2, 0.25) is 5.02 Å². The molecule has 0 aliphatic heterocycles. The smallest absolute Gasteiger partial charge is 0.335 e. The minimum absolute atomic E-state index is 0.0223. The van der Waals surface area contributed by atoms with E-state index in [9.17, 15) is 13.2 Å². The van der Waals surface area contributed by atoms with Crippen molar-refractivity contribution in [1.82, 2.24) is 0 Å². The van der Waals surface area contributed by atoms with Crippen molar-refractivity contribution in [2.75, 3.05) is 10.5 Å². The summed E-state index contributed by atoms with van der Waals surface area (Å²) in [5.41, 5.74) is 0.0660. The van der Waals surface area contributed by atoms with Gasteiger partial charge in [0.15, 0.2) is 0 Å². The van der Waals surface area contributed by atoms with E-state index in [1.165, 1.54) is 18.2 Å². The third-order valence-corrected chi connectivity index (χ3v) is 4.08. The van der Waals surface area contributed by atoms with E-state index in [1.807, 2.05) is 13.8 Å². The van der Waals surface area contributed by atoms with Crippen molar-refractivity contribution >= 4 is 33.3 Å². The van der Waals surface area contributed by atoms with Crippen molar-refractivity contribution < 1.29 is 18.3 Å². The second-order valence-corrected chi connectivity index (χ2v) is 6.85. The summed E-state index contributed by atoms with van der Waals surface area (Å²) in [6, 6.07) is 3.87. The van der Waals surface area contributed by atoms with Gasteiger partial charge in [-0.3, -0.25) is 4.72 Å². The van der Waals surface area contributed by atoms with Crippen LogP contribution in [0.3, 0.4) is 0 Å². The number of anilines is 1. The molecule has 19 heavy (non-hydrogen) atoms. The number of carbonyl (C=O) groups is 1. The Morgan fingerprint density at radius 3 is 2.58 bits per heavy atom. The topological polar surface area (TPSA) is 83.5 Å². The fraction of sp³-hybridized carbons (Fsp3) is 0.417. The summed E-state index contributed by atoms with van der Waals surface area (Å²) in [7, 11) is -3.52. The molecular formula is C12H16ClNO4S. The highest BCUT2D eigenvalue weighted by Crippen LogP contribution is 2.24. The van der Waals surface area contributed by atoms with E-state index < -0.39 is 16.0 Å². The van der Waals surface area contributed by atoms with E-state index in [2.05, 4.69) is 4.72 Å². The first-order valence-electron chi connectivity index (χ1n) is 5.74. The molecule has 0 saturated heterocycles. The number of sulfonamides is 1. The van der Waals surface area contributed by atoms with E-state index in [1.54, 1.807) is 0 Å². The normalized spacial score (nSPS) is 11.6. The molecule has 0 unspecified atom stereocenters. The number of benzene rings is 1. The quantitative estimate of drug-likeness (QED) is 0.846. The predicted octanol–water partition coefficient (Wildman–Crippen LogP) is 2.83. The number of halogens is 1. The fourth-order valence-corrected chi connectivity index (χ4v) is 2.95. The maximum absolute atomic E-state index is 11.8. The average Bonchev–Trinajstić information content (AvgIpc) is 2.29. The molecule has 0 aromatic heterocycles. The van der Waals surface area contributed by atoms with Crippen molar-refractivity contribution in [3.8, 4) is 0 Å². The first-order chi connectivity index (χ1) is 8.71. The summed E-state index contributed by atoms with van der Waals surface area (Å²) in [6.45, 7) is 3.85. The number of hydrogen-bond donors (Lipinski definition) is 2. The van der Waals surface area contributed by atoms with Crippen LogP contribution in [0.5, 0.6) is 0 Å². The number of carboxylic acid groups (broad SMARTS) is 1. The Morgan fingerprint density at radius 2 is 2.05 bits per heavy atom. The van der Waals surface area contributed by atoms with Crippen molar-refractivity contribution in [3.05, 3.63) is 28.8 Å². The van der Waals surface area contributed by atoms with Crippen LogP contribution in [0.1, 0.15) is 30.6 Å². The van der Waals surface area contributed by atoms with Crippen LogP contribution >= 0.6 is 11.6 Å². The van der Waals surface area contributed by atoms with E-state index in [4.69, 9.17) is 16.7 Å². The lowest BCUT2D eigenvalue weighted by Gasteiger charge is -2.11. The summed E-state index contributed by atoms with van der Waals surface area (Å²) in [5, 5.41) is 9.02. The minimum Gasteiger partial charge on any atom is -0.478 e. The van der Waals surface area contributed by atoms with Gasteiger partial charge in [0.1, 0.15) is 0 Å². The molecule has 0 saturated carbocycles. The second kappa shape index (κ2) is 6.25. The van der Waals surface area contributed by atoms with E-state index >= 15 is 0 Å². The first kappa shape index (κ1) is 15.8. The van der Waals surface area contributed by atoms with Gasteiger partial charge in [0.25, 0.3) is 0 Å². The molecule has 1 aromatic rings. The van der Waals surface area contributed by atoms with Gasteiger partial charge >= 0.3 is 5.97 Å². The summed E-state index contributed by atoms with van der Waals surface area (Å²) in [5.74, 6) is -0.908. The second-order valence-electron chi connectivity index (χ2n) is 4.60. The molecule has 0 aliphatic carbocycles. The highest BCUT2D eigenvalue weighted by atomic mass is 35.5. The molecule has 0 spiro atoms. The van der Waals surface area contributed by atoms with Gasteiger partial charge in [-0.2, -0.15) is 0 Å². The largest absolute Gasteiger partial charge is 0.478 e. The van der Waals surface area contributed by atoms with E-state index in [0.29, 0.717) is 6.42 Å². The molecule has 1 rings (SSSR count). The molecule has 0 heterocycles. The third-order valence-electron chi connectivity index (χ3n) is 2.44. The van der Waals surface area contributed by atoms with Crippen LogP contribution in [0.25, 0.3) is 0 Å². The van der Waals surface area contributed by atoms with E-state index in [-0.39, 0.29) is 27.9 Å². The Hall–Kier alpha value is -1.27. The molecule has 5 nitrogen and oxygen atoms in total. The Bertz CT molecular complexity index is 569. The molecule has 0 bridgehead atoms. The number of nitrogens with one attached hydrogen (secondary N) is 1. The minimum atomic E-state index is -3.52. The van der Waals surface area contributed by atoms with Gasteiger partial charge in [0.05, 0.1) is 22.0 Å². The maximum Gasteiger partial charge on any atom is 0.335 e. The zero-order valence-corrected chi connectivity index (χ0v) is 12.3. The van der Waals surface area contributed by atoms with Crippen molar-refractivity contribution in [2.45, 2.75) is 20.3 Å². The van der Waals surface area contributed by atoms with Gasteiger partial charge in [-0.25, -0.2) is 13.2 Å². The number of rotatable bonds is 6. The van der Waals surface area contributed by atoms with Crippen LogP contribution in [-0.2, 0) is 10.0 Å². The number of aromatic carboxylic acids is 1. The SMILES string of the molecule is CC(C)CCS(=O)(=O)Nc1cc(C(=O)O)ccc1Cl. The van der Waals surface area contributed by atoms with Gasteiger partial charge in [0, 0.05) is 0 Å². The molecule has 0 fully saturated rings. The lowest BCUT2D eigenvalue weighted by atomic mass is 10.2. The zero-order chi connectivity index (χ0) is 14.6. The summed E-state index contributed by atoms with van der Waals surface area (Å²) in [4.78, 5) is 10.8. The molecule has 0 radical (unpaired) electrons. The highest BCUT2D eigenvalue weighted by Gasteiger charge is 2.15. The molecule has 0 amide bonds. The molecule has 0 aliphatic rings. The third kappa shape index (κ3) is 5.08. The van der Waals surface area contributed by atoms with Crippen LogP contribution in [0.15, 0.2) is 18.2 Å². The summed E-state index contributed by atoms with van der Waals surface area (Å²) in [6.07, 6.45) is 0.519. The molecule has 106 valence electrons. The van der Waals surface area contributed by atoms with Crippen LogP contribution in [-0.4, -0.2) is 25.2 Å². The highest BCUT2D eigenvalue weighted by molar-refractivity contribution is 7.92. The first-order valence-corrected chi connectivity index (χ1v) is 7.77. The fourth-order valence-electron chi connectivity index (χ4n) is 1.35. The van der Waals surface area contributed by atoms with Gasteiger partial charge in [-0.05, 0) is 30.5 Å². The van der Waals surface area contributed by atoms with E-state index in [0.717, 1.165) is 0 Å². The average molecular weight is 306 g/mol. The lowest BCUT2D eigenvalue weighted by molar-refractivity contribution is 0.0697. The zero-order valence-electron chi connectivity index (χ0n) is 10.7. The van der Waals surface area contributed by atoms with Crippen molar-refractivity contribution in [2.24, 2.45) is 5.92 Å². The lowest BCUT2D eigenvalue weighted by Crippen LogP contribution is -2.18. The number of hydrogen-bond acceptors (Lipinski definition) is 3. The van der Waals surface area contributed by atoms with Crippen LogP contribution < -0.4 is 4.72 Å². The molecule has 1 aromatic carbocycles. The monoisotopic (exact) mass is 305 g/mol. The molecular weight excluding hydrogens is 290 g/mol. The van der Waals surface area contributed by atoms with Gasteiger partial charge in [-0.1, -0.05) is 25.4 Å². The van der Waals surface area contributed by atoms with Gasteiger partial charge in [0.2, 0.25) is 10.0 Å². The standard InChI is InChI=1S/C12H16ClNO4S/c1-8(2)5-6-19(17,18)14-11-7-9(12(15)16)3-4-10(11)13/h3-4,7-8,14H,5-6H2,1-2H3,(H,15,16). The van der Waals surface area contributed by atoms with Crippen molar-refractivity contribution in [3.63, 3.8) is 0 Å². The van der Waals surface area contributed by atoms with Crippen molar-refractivity contribution in [1.29, 1.82) is 0 Å². The van der Waals surface area contributed by atoms with Gasteiger partial charge < -0.3 is 5.11 Å². The van der Waals surface area contributed by atoms with Crippen LogP contribution in [0, 0.1) is 5.92 Å². The summed E-state index contributed by atoms with van der Waals surface area (Å²) < 4.78 is 26.0. The Balaban J connectivity index is 2.92. The predicted molar refractivity (Wildman–Crippen MR) is 75.3 cm³/mol. The molecule has 7 heteroatoms. The maximum atomic E-state index is 11.8. The Morgan fingerprint density at radius 1 is 1.42 bits per heavy atom. The number of carboxylic acids is 1. The van der Waals surface area contributed by atoms with Crippen LogP contribution in [0.4, 0.5) is 5.69 Å². The summed E-state index contributed by atoms with van der Waals surface area (Å²) >= 11 is 5.85. The molecule has 2 N–H and O–H groups in total. The van der Waals surface area contributed by atoms with Gasteiger partial charge in [-0.15, -0.1) is 0 Å². The molecule has 0 atom stereocenters. The Kier molecular flexibility index (Phi) is 5.20. The Labute approximate surface area is 117 Å².